The van der Waals surface area contributed by atoms with Crippen LogP contribution in [0.15, 0.2) is 78.9 Å². The van der Waals surface area contributed by atoms with E-state index in [9.17, 15) is 14.0 Å². The normalized spacial score (nSPS) is 11.8. The van der Waals surface area contributed by atoms with Crippen LogP contribution in [-0.4, -0.2) is 29.3 Å². The van der Waals surface area contributed by atoms with Crippen molar-refractivity contribution >= 4 is 11.8 Å². The smallest absolute Gasteiger partial charge is 0.243 e. The number of amides is 2. The fraction of sp³-hybridized carbons (Fsp3) is 0.355. The van der Waals surface area contributed by atoms with E-state index < -0.39 is 6.04 Å². The minimum atomic E-state index is -0.667. The molecule has 1 unspecified atom stereocenters. The van der Waals surface area contributed by atoms with Crippen molar-refractivity contribution in [3.63, 3.8) is 0 Å². The molecule has 0 fully saturated rings. The Bertz CT molecular complexity index is 1100. The predicted molar refractivity (Wildman–Crippen MR) is 143 cm³/mol. The second-order valence-corrected chi connectivity index (χ2v) is 9.54. The zero-order valence-corrected chi connectivity index (χ0v) is 21.5. The van der Waals surface area contributed by atoms with E-state index >= 15 is 0 Å². The number of aryl methyl sites for hydroxylation is 1. The first-order valence-electron chi connectivity index (χ1n) is 12.8. The standard InChI is InChI=1S/C31H37FN2O2/c1-4-20-33-31(36)29(21-25-8-6-5-7-9-25)34(22-26-12-17-28(32)18-13-26)30(35)19-14-24-10-15-27(16-11-24)23(2)3/h5-13,15-18,23,29H,4,14,19-22H2,1-3H3,(H,33,36). The molecule has 3 aromatic carbocycles. The summed E-state index contributed by atoms with van der Waals surface area (Å²) in [5.41, 5.74) is 4.12. The highest BCUT2D eigenvalue weighted by Crippen LogP contribution is 2.19. The summed E-state index contributed by atoms with van der Waals surface area (Å²) < 4.78 is 13.5. The van der Waals surface area contributed by atoms with E-state index in [1.807, 2.05) is 37.3 Å². The number of nitrogens with one attached hydrogen (secondary N) is 1. The maximum atomic E-state index is 13.6. The molecule has 0 bridgehead atoms. The van der Waals surface area contributed by atoms with Gasteiger partial charge in [-0.2, -0.15) is 0 Å². The first-order chi connectivity index (χ1) is 17.4. The van der Waals surface area contributed by atoms with Crippen molar-refractivity contribution in [3.05, 3.63) is 107 Å². The van der Waals surface area contributed by atoms with E-state index in [0.717, 1.165) is 23.1 Å². The number of carbonyl (C=O) groups excluding carboxylic acids is 2. The van der Waals surface area contributed by atoms with E-state index in [-0.39, 0.29) is 30.6 Å². The van der Waals surface area contributed by atoms with Gasteiger partial charge in [-0.15, -0.1) is 0 Å². The Hall–Kier alpha value is -3.47. The fourth-order valence-corrected chi connectivity index (χ4v) is 4.17. The maximum Gasteiger partial charge on any atom is 0.243 e. The van der Waals surface area contributed by atoms with Gasteiger partial charge in [-0.3, -0.25) is 9.59 Å². The van der Waals surface area contributed by atoms with Crippen molar-refractivity contribution in [1.29, 1.82) is 0 Å². The van der Waals surface area contributed by atoms with Crippen molar-refractivity contribution in [1.82, 2.24) is 10.2 Å². The highest BCUT2D eigenvalue weighted by molar-refractivity contribution is 5.88. The molecular weight excluding hydrogens is 451 g/mol. The van der Waals surface area contributed by atoms with Crippen molar-refractivity contribution < 1.29 is 14.0 Å². The van der Waals surface area contributed by atoms with Gasteiger partial charge in [0.2, 0.25) is 11.8 Å². The molecule has 0 radical (unpaired) electrons. The van der Waals surface area contributed by atoms with Crippen LogP contribution in [0, 0.1) is 5.82 Å². The van der Waals surface area contributed by atoms with E-state index in [1.54, 1.807) is 17.0 Å². The summed E-state index contributed by atoms with van der Waals surface area (Å²) in [5.74, 6) is -0.146. The Morgan fingerprint density at radius 1 is 0.861 bits per heavy atom. The molecule has 3 aromatic rings. The largest absolute Gasteiger partial charge is 0.354 e. The molecule has 1 atom stereocenters. The summed E-state index contributed by atoms with van der Waals surface area (Å²) in [6.45, 7) is 7.09. The van der Waals surface area contributed by atoms with Crippen LogP contribution in [-0.2, 0) is 29.0 Å². The molecule has 0 heterocycles. The van der Waals surface area contributed by atoms with E-state index in [4.69, 9.17) is 0 Å². The molecule has 1 N–H and O–H groups in total. The number of nitrogens with zero attached hydrogens (tertiary/aromatic N) is 1. The molecule has 0 saturated heterocycles. The van der Waals surface area contributed by atoms with Crippen LogP contribution in [0.4, 0.5) is 4.39 Å². The van der Waals surface area contributed by atoms with Crippen molar-refractivity contribution in [3.8, 4) is 0 Å². The quantitative estimate of drug-likeness (QED) is 0.337. The Morgan fingerprint density at radius 3 is 2.11 bits per heavy atom. The van der Waals surface area contributed by atoms with Gasteiger partial charge < -0.3 is 10.2 Å². The Kier molecular flexibility index (Phi) is 10.2. The van der Waals surface area contributed by atoms with Gasteiger partial charge >= 0.3 is 0 Å². The molecule has 0 aromatic heterocycles. The summed E-state index contributed by atoms with van der Waals surface area (Å²) in [6, 6.07) is 23.5. The highest BCUT2D eigenvalue weighted by Gasteiger charge is 2.30. The summed E-state index contributed by atoms with van der Waals surface area (Å²) >= 11 is 0. The van der Waals surface area contributed by atoms with Crippen molar-refractivity contribution in [2.24, 2.45) is 0 Å². The van der Waals surface area contributed by atoms with Gasteiger partial charge in [0.05, 0.1) is 0 Å². The summed E-state index contributed by atoms with van der Waals surface area (Å²) in [7, 11) is 0. The zero-order chi connectivity index (χ0) is 25.9. The summed E-state index contributed by atoms with van der Waals surface area (Å²) in [5, 5.41) is 2.98. The lowest BCUT2D eigenvalue weighted by molar-refractivity contribution is -0.141. The first kappa shape index (κ1) is 27.1. The number of carbonyl (C=O) groups is 2. The maximum absolute atomic E-state index is 13.6. The molecule has 0 spiro atoms. The van der Waals surface area contributed by atoms with Gasteiger partial charge in [-0.05, 0) is 53.1 Å². The molecule has 0 saturated carbocycles. The SMILES string of the molecule is CCCNC(=O)C(Cc1ccccc1)N(Cc1ccc(F)cc1)C(=O)CCc1ccc(C(C)C)cc1. The lowest BCUT2D eigenvalue weighted by Gasteiger charge is -2.31. The zero-order valence-electron chi connectivity index (χ0n) is 21.5. The van der Waals surface area contributed by atoms with Crippen LogP contribution >= 0.6 is 0 Å². The Morgan fingerprint density at radius 2 is 1.50 bits per heavy atom. The van der Waals surface area contributed by atoms with Crippen LogP contribution < -0.4 is 5.32 Å². The summed E-state index contributed by atoms with van der Waals surface area (Å²) in [6.07, 6.45) is 2.09. The number of halogens is 1. The lowest BCUT2D eigenvalue weighted by Crippen LogP contribution is -2.50. The average molecular weight is 489 g/mol. The molecule has 36 heavy (non-hydrogen) atoms. The molecule has 0 aliphatic rings. The summed E-state index contributed by atoms with van der Waals surface area (Å²) in [4.78, 5) is 28.6. The van der Waals surface area contributed by atoms with Crippen molar-refractivity contribution in [2.45, 2.75) is 65.0 Å². The number of rotatable bonds is 12. The first-order valence-corrected chi connectivity index (χ1v) is 12.8. The van der Waals surface area contributed by atoms with E-state index in [2.05, 4.69) is 43.4 Å². The van der Waals surface area contributed by atoms with Crippen LogP contribution in [0.2, 0.25) is 0 Å². The molecule has 5 heteroatoms. The molecular formula is C31H37FN2O2. The third-order valence-corrected chi connectivity index (χ3v) is 6.36. The number of hydrogen-bond donors (Lipinski definition) is 1. The molecule has 0 aliphatic carbocycles. The van der Waals surface area contributed by atoms with Crippen LogP contribution in [0.3, 0.4) is 0 Å². The monoisotopic (exact) mass is 488 g/mol. The highest BCUT2D eigenvalue weighted by atomic mass is 19.1. The lowest BCUT2D eigenvalue weighted by atomic mass is 9.99. The van der Waals surface area contributed by atoms with Gasteiger partial charge in [0, 0.05) is 25.9 Å². The predicted octanol–water partition coefficient (Wildman–Crippen LogP) is 6.05. The second kappa shape index (κ2) is 13.6. The molecule has 2 amide bonds. The van der Waals surface area contributed by atoms with Crippen LogP contribution in [0.5, 0.6) is 0 Å². The molecule has 190 valence electrons. The number of hydrogen-bond acceptors (Lipinski definition) is 2. The van der Waals surface area contributed by atoms with Gasteiger partial charge in [0.1, 0.15) is 11.9 Å². The van der Waals surface area contributed by atoms with Crippen molar-refractivity contribution in [2.75, 3.05) is 6.54 Å². The third-order valence-electron chi connectivity index (χ3n) is 6.36. The van der Waals surface area contributed by atoms with E-state index in [1.165, 1.54) is 17.7 Å². The Balaban J connectivity index is 1.85. The molecule has 4 nitrogen and oxygen atoms in total. The van der Waals surface area contributed by atoms with Gasteiger partial charge in [-0.25, -0.2) is 4.39 Å². The minimum absolute atomic E-state index is 0.0974. The van der Waals surface area contributed by atoms with E-state index in [0.29, 0.717) is 25.3 Å². The van der Waals surface area contributed by atoms with Crippen LogP contribution in [0.1, 0.15) is 61.8 Å². The van der Waals surface area contributed by atoms with Gasteiger partial charge in [0.15, 0.2) is 0 Å². The fourth-order valence-electron chi connectivity index (χ4n) is 4.17. The van der Waals surface area contributed by atoms with Gasteiger partial charge in [-0.1, -0.05) is 87.5 Å². The second-order valence-electron chi connectivity index (χ2n) is 9.54. The third kappa shape index (κ3) is 8.04. The van der Waals surface area contributed by atoms with Crippen LogP contribution in [0.25, 0.3) is 0 Å². The Labute approximate surface area is 214 Å². The number of benzene rings is 3. The van der Waals surface area contributed by atoms with Gasteiger partial charge in [0.25, 0.3) is 0 Å². The minimum Gasteiger partial charge on any atom is -0.354 e. The topological polar surface area (TPSA) is 49.4 Å². The molecule has 0 aliphatic heterocycles. The molecule has 3 rings (SSSR count). The average Bonchev–Trinajstić information content (AvgIpc) is 2.89.